The first kappa shape index (κ1) is 18.0. The molecule has 2 N–H and O–H groups in total. The number of morpholine rings is 1. The number of nitrogens with zero attached hydrogens (tertiary/aromatic N) is 4. The van der Waals surface area contributed by atoms with Gasteiger partial charge in [-0.15, -0.1) is 0 Å². The zero-order chi connectivity index (χ0) is 19.3. The van der Waals surface area contributed by atoms with Crippen LogP contribution in [0.15, 0.2) is 6.20 Å². The summed E-state index contributed by atoms with van der Waals surface area (Å²) in [6, 6.07) is 0. The van der Waals surface area contributed by atoms with Crippen LogP contribution in [-0.2, 0) is 19.7 Å². The molecule has 2 saturated heterocycles. The number of anilines is 2. The van der Waals surface area contributed by atoms with E-state index in [-0.39, 0.29) is 17.8 Å². The monoisotopic (exact) mass is 376 g/mol. The second-order valence-electron chi connectivity index (χ2n) is 8.03. The summed E-state index contributed by atoms with van der Waals surface area (Å²) in [7, 11) is 0. The Balaban J connectivity index is 1.63. The summed E-state index contributed by atoms with van der Waals surface area (Å²) in [6.45, 7) is 7.00. The zero-order valence-electron chi connectivity index (χ0n) is 15.5. The Labute approximate surface area is 157 Å². The van der Waals surface area contributed by atoms with Gasteiger partial charge in [0.2, 0.25) is 5.95 Å². The van der Waals surface area contributed by atoms with E-state index < -0.39 is 17.4 Å². The molecule has 1 aromatic rings. The van der Waals surface area contributed by atoms with Crippen LogP contribution in [0.25, 0.3) is 0 Å². The van der Waals surface area contributed by atoms with Crippen LogP contribution in [0, 0.1) is 17.8 Å². The maximum absolute atomic E-state index is 11.8. The van der Waals surface area contributed by atoms with Crippen molar-refractivity contribution in [2.45, 2.75) is 19.3 Å². The normalized spacial score (nSPS) is 27.4. The van der Waals surface area contributed by atoms with E-state index in [1.165, 1.54) is 0 Å². The van der Waals surface area contributed by atoms with Gasteiger partial charge < -0.3 is 24.7 Å². The average molecular weight is 376 g/mol. The number of hydrogen-bond acceptors (Lipinski definition) is 7. The minimum Gasteiger partial charge on any atom is -0.481 e. The first-order valence-corrected chi connectivity index (χ1v) is 9.22. The number of hydrogen-bond donors (Lipinski definition) is 2. The first-order chi connectivity index (χ1) is 12.8. The fourth-order valence-corrected chi connectivity index (χ4v) is 4.14. The van der Waals surface area contributed by atoms with Crippen molar-refractivity contribution in [2.24, 2.45) is 17.8 Å². The van der Waals surface area contributed by atoms with Gasteiger partial charge in [-0.05, 0) is 25.7 Å². The van der Waals surface area contributed by atoms with Crippen molar-refractivity contribution in [1.29, 1.82) is 0 Å². The quantitative estimate of drug-likeness (QED) is 0.755. The van der Waals surface area contributed by atoms with E-state index in [0.717, 1.165) is 0 Å². The van der Waals surface area contributed by atoms with Gasteiger partial charge in [0.1, 0.15) is 5.82 Å². The molecule has 3 fully saturated rings. The third-order valence-electron chi connectivity index (χ3n) is 6.04. The maximum Gasteiger partial charge on any atom is 0.313 e. The minimum atomic E-state index is -1.12. The lowest BCUT2D eigenvalue weighted by molar-refractivity contribution is -0.142. The summed E-state index contributed by atoms with van der Waals surface area (Å²) in [4.78, 5) is 36.2. The van der Waals surface area contributed by atoms with Gasteiger partial charge in [0.15, 0.2) is 0 Å². The molecule has 1 saturated carbocycles. The lowest BCUT2D eigenvalue weighted by Crippen LogP contribution is -2.40. The second kappa shape index (κ2) is 6.33. The molecule has 1 aliphatic carbocycles. The molecule has 3 heterocycles. The molecular formula is C18H24N4O5. The number of ether oxygens (including phenoxy) is 1. The Morgan fingerprint density at radius 1 is 1.15 bits per heavy atom. The van der Waals surface area contributed by atoms with Crippen molar-refractivity contribution in [3.8, 4) is 0 Å². The Morgan fingerprint density at radius 3 is 2.33 bits per heavy atom. The SMILES string of the molecule is CC(C)(C(=O)O)c1cnc(N2CC3C(C2)C3C(=O)O)nc1N1CCOCC1. The van der Waals surface area contributed by atoms with Gasteiger partial charge in [-0.2, -0.15) is 4.98 Å². The lowest BCUT2D eigenvalue weighted by atomic mass is 9.85. The standard InChI is InChI=1S/C18H24N4O5/c1-18(2,16(25)26)12-7-19-17(20-14(12)21-3-5-27-6-4-21)22-8-10-11(9-22)13(10)15(23)24/h7,10-11,13H,3-6,8-9H2,1-2H3,(H,23,24)(H,25,26). The molecule has 0 spiro atoms. The summed E-state index contributed by atoms with van der Waals surface area (Å²) in [5, 5.41) is 18.8. The van der Waals surface area contributed by atoms with Crippen LogP contribution in [0.2, 0.25) is 0 Å². The van der Waals surface area contributed by atoms with Gasteiger partial charge in [-0.25, -0.2) is 4.98 Å². The molecule has 2 atom stereocenters. The third kappa shape index (κ3) is 2.99. The van der Waals surface area contributed by atoms with E-state index in [0.29, 0.717) is 56.7 Å². The van der Waals surface area contributed by atoms with Crippen LogP contribution in [-0.4, -0.2) is 71.5 Å². The molecule has 146 valence electrons. The number of aromatic nitrogens is 2. The van der Waals surface area contributed by atoms with Gasteiger partial charge in [-0.1, -0.05) is 0 Å². The van der Waals surface area contributed by atoms with Crippen LogP contribution in [0.5, 0.6) is 0 Å². The number of aliphatic carboxylic acids is 2. The van der Waals surface area contributed by atoms with E-state index in [1.807, 2.05) is 9.80 Å². The highest BCUT2D eigenvalue weighted by Crippen LogP contribution is 2.52. The van der Waals surface area contributed by atoms with E-state index in [1.54, 1.807) is 20.0 Å². The van der Waals surface area contributed by atoms with E-state index in [9.17, 15) is 19.8 Å². The number of carbonyl (C=O) groups is 2. The molecule has 27 heavy (non-hydrogen) atoms. The fourth-order valence-electron chi connectivity index (χ4n) is 4.14. The van der Waals surface area contributed by atoms with Gasteiger partial charge in [0.05, 0.1) is 24.5 Å². The Morgan fingerprint density at radius 2 is 1.78 bits per heavy atom. The molecule has 0 aromatic carbocycles. The molecule has 3 aliphatic rings. The van der Waals surface area contributed by atoms with E-state index in [2.05, 4.69) is 4.98 Å². The van der Waals surface area contributed by atoms with Crippen molar-refractivity contribution in [1.82, 2.24) is 9.97 Å². The first-order valence-electron chi connectivity index (χ1n) is 9.22. The molecule has 0 radical (unpaired) electrons. The van der Waals surface area contributed by atoms with Crippen molar-refractivity contribution < 1.29 is 24.5 Å². The molecule has 0 amide bonds. The van der Waals surface area contributed by atoms with Gasteiger partial charge >= 0.3 is 11.9 Å². The van der Waals surface area contributed by atoms with Gasteiger partial charge in [0.25, 0.3) is 0 Å². The summed E-state index contributed by atoms with van der Waals surface area (Å²) in [5.74, 6) is -0.409. The highest BCUT2D eigenvalue weighted by molar-refractivity contribution is 5.82. The molecule has 1 aromatic heterocycles. The predicted molar refractivity (Wildman–Crippen MR) is 96.0 cm³/mol. The molecule has 2 unspecified atom stereocenters. The number of rotatable bonds is 5. The number of carboxylic acids is 2. The van der Waals surface area contributed by atoms with E-state index in [4.69, 9.17) is 9.72 Å². The van der Waals surface area contributed by atoms with Crippen LogP contribution in [0.1, 0.15) is 19.4 Å². The molecule has 4 rings (SSSR count). The van der Waals surface area contributed by atoms with Crippen molar-refractivity contribution in [2.75, 3.05) is 49.2 Å². The summed E-state index contributed by atoms with van der Waals surface area (Å²) >= 11 is 0. The minimum absolute atomic E-state index is 0.160. The molecule has 0 bridgehead atoms. The molecule has 2 aliphatic heterocycles. The van der Waals surface area contributed by atoms with Gasteiger partial charge in [-0.3, -0.25) is 9.59 Å². The van der Waals surface area contributed by atoms with Crippen molar-refractivity contribution in [3.05, 3.63) is 11.8 Å². The molecule has 9 nitrogen and oxygen atoms in total. The van der Waals surface area contributed by atoms with Crippen LogP contribution in [0.3, 0.4) is 0 Å². The highest BCUT2D eigenvalue weighted by Gasteiger charge is 2.60. The smallest absolute Gasteiger partial charge is 0.313 e. The Bertz CT molecular complexity index is 765. The zero-order valence-corrected chi connectivity index (χ0v) is 15.5. The number of piperidine rings is 1. The van der Waals surface area contributed by atoms with Crippen LogP contribution in [0.4, 0.5) is 11.8 Å². The topological polar surface area (TPSA) is 116 Å². The third-order valence-corrected chi connectivity index (χ3v) is 6.04. The second-order valence-corrected chi connectivity index (χ2v) is 8.03. The summed E-state index contributed by atoms with van der Waals surface area (Å²) < 4.78 is 5.41. The maximum atomic E-state index is 11.8. The van der Waals surface area contributed by atoms with Crippen LogP contribution < -0.4 is 9.80 Å². The van der Waals surface area contributed by atoms with Crippen molar-refractivity contribution >= 4 is 23.7 Å². The van der Waals surface area contributed by atoms with Crippen LogP contribution >= 0.6 is 0 Å². The molecular weight excluding hydrogens is 352 g/mol. The molecule has 9 heteroatoms. The van der Waals surface area contributed by atoms with Gasteiger partial charge in [0, 0.05) is 37.9 Å². The van der Waals surface area contributed by atoms with E-state index >= 15 is 0 Å². The summed E-state index contributed by atoms with van der Waals surface area (Å²) in [5.41, 5.74) is -0.540. The average Bonchev–Trinajstić information content (AvgIpc) is 3.17. The Hall–Kier alpha value is -2.42. The fraction of sp³-hybridized carbons (Fsp3) is 0.667. The summed E-state index contributed by atoms with van der Waals surface area (Å²) in [6.07, 6.45) is 1.61. The van der Waals surface area contributed by atoms with Crippen molar-refractivity contribution in [3.63, 3.8) is 0 Å². The lowest BCUT2D eigenvalue weighted by Gasteiger charge is -2.33. The number of carboxylic acid groups (broad SMARTS) is 2. The largest absolute Gasteiger partial charge is 0.481 e. The number of fused-ring (bicyclic) bond motifs is 1. The highest BCUT2D eigenvalue weighted by atomic mass is 16.5. The Kier molecular flexibility index (Phi) is 4.21. The predicted octanol–water partition coefficient (Wildman–Crippen LogP) is 0.442.